The monoisotopic (exact) mass is 332 g/mol. The molecule has 1 N–H and O–H groups in total. The number of benzene rings is 1. The highest BCUT2D eigenvalue weighted by Gasteiger charge is 2.30. The van der Waals surface area contributed by atoms with Crippen molar-refractivity contribution in [1.82, 2.24) is 10.2 Å². The normalized spacial score (nSPS) is 27.2. The van der Waals surface area contributed by atoms with Crippen LogP contribution in [-0.4, -0.2) is 49.8 Å². The van der Waals surface area contributed by atoms with Gasteiger partial charge >= 0.3 is 0 Å². The minimum absolute atomic E-state index is 0.0332. The number of carbonyl (C=O) groups is 1. The summed E-state index contributed by atoms with van der Waals surface area (Å²) in [6.45, 7) is 4.46. The van der Waals surface area contributed by atoms with Crippen molar-refractivity contribution in [2.75, 3.05) is 26.7 Å². The number of amides is 1. The number of nitrogens with zero attached hydrogens (tertiary/aromatic N) is 1. The topological polar surface area (TPSA) is 50.8 Å². The first-order valence-corrected chi connectivity index (χ1v) is 8.97. The van der Waals surface area contributed by atoms with Gasteiger partial charge in [-0.2, -0.15) is 0 Å². The summed E-state index contributed by atoms with van der Waals surface area (Å²) in [6, 6.07) is 8.01. The Kier molecular flexibility index (Phi) is 5.74. The Bertz CT molecular complexity index is 563. The van der Waals surface area contributed by atoms with Crippen LogP contribution >= 0.6 is 0 Å². The van der Waals surface area contributed by atoms with Crippen LogP contribution in [0, 0.1) is 0 Å². The van der Waals surface area contributed by atoms with Crippen molar-refractivity contribution in [3.8, 4) is 5.75 Å². The molecule has 2 fully saturated rings. The maximum atomic E-state index is 12.8. The number of hydrogen-bond donors (Lipinski definition) is 1. The van der Waals surface area contributed by atoms with Gasteiger partial charge in [0, 0.05) is 31.6 Å². The number of methoxy groups -OCH3 is 1. The van der Waals surface area contributed by atoms with E-state index in [1.165, 1.54) is 0 Å². The van der Waals surface area contributed by atoms with E-state index in [4.69, 9.17) is 9.47 Å². The lowest BCUT2D eigenvalue weighted by molar-refractivity contribution is -0.135. The zero-order valence-electron chi connectivity index (χ0n) is 14.7. The van der Waals surface area contributed by atoms with E-state index in [2.05, 4.69) is 18.3 Å². The largest absolute Gasteiger partial charge is 0.496 e. The number of nitrogens with one attached hydrogen (secondary N) is 1. The van der Waals surface area contributed by atoms with Gasteiger partial charge in [-0.25, -0.2) is 0 Å². The minimum Gasteiger partial charge on any atom is -0.496 e. The Labute approximate surface area is 144 Å². The number of hydrogen-bond acceptors (Lipinski definition) is 4. The molecule has 0 saturated carbocycles. The Morgan fingerprint density at radius 3 is 2.96 bits per heavy atom. The molecule has 1 aromatic rings. The maximum Gasteiger partial charge on any atom is 0.223 e. The molecule has 1 aromatic carbocycles. The molecule has 1 amide bonds. The third-order valence-electron chi connectivity index (χ3n) is 5.06. The van der Waals surface area contributed by atoms with Crippen LogP contribution in [0.3, 0.4) is 0 Å². The maximum absolute atomic E-state index is 12.8. The van der Waals surface area contributed by atoms with E-state index in [1.807, 2.05) is 23.1 Å². The molecule has 2 aliphatic heterocycles. The summed E-state index contributed by atoms with van der Waals surface area (Å²) in [7, 11) is 1.68. The predicted octanol–water partition coefficient (Wildman–Crippen LogP) is 2.52. The van der Waals surface area contributed by atoms with Crippen molar-refractivity contribution in [1.29, 1.82) is 0 Å². The lowest BCUT2D eigenvalue weighted by Gasteiger charge is -2.37. The van der Waals surface area contributed by atoms with Gasteiger partial charge in [0.15, 0.2) is 0 Å². The van der Waals surface area contributed by atoms with Crippen molar-refractivity contribution in [2.24, 2.45) is 0 Å². The molecule has 2 aliphatic rings. The summed E-state index contributed by atoms with van der Waals surface area (Å²) in [6.07, 6.45) is 4.15. The zero-order valence-corrected chi connectivity index (χ0v) is 14.7. The summed E-state index contributed by atoms with van der Waals surface area (Å²) in [5.74, 6) is 1.06. The van der Waals surface area contributed by atoms with Gasteiger partial charge < -0.3 is 19.7 Å². The highest BCUT2D eigenvalue weighted by molar-refractivity contribution is 5.77. The number of rotatable bonds is 5. The Balaban J connectivity index is 1.66. The number of ether oxygens (including phenoxy) is 2. The molecule has 132 valence electrons. The first-order valence-electron chi connectivity index (χ1n) is 8.97. The van der Waals surface area contributed by atoms with Gasteiger partial charge in [-0.05, 0) is 32.3 Å². The number of carbonyl (C=O) groups excluding carboxylic acids is 1. The van der Waals surface area contributed by atoms with Crippen LogP contribution in [0.1, 0.15) is 44.2 Å². The highest BCUT2D eigenvalue weighted by Crippen LogP contribution is 2.31. The average molecular weight is 332 g/mol. The van der Waals surface area contributed by atoms with Gasteiger partial charge in [-0.3, -0.25) is 4.79 Å². The van der Waals surface area contributed by atoms with Crippen LogP contribution in [0.15, 0.2) is 24.3 Å². The van der Waals surface area contributed by atoms with Gasteiger partial charge in [-0.1, -0.05) is 18.2 Å². The van der Waals surface area contributed by atoms with Crippen molar-refractivity contribution in [3.63, 3.8) is 0 Å². The minimum atomic E-state index is 0.0332. The summed E-state index contributed by atoms with van der Waals surface area (Å²) in [5.41, 5.74) is 1.08. The van der Waals surface area contributed by atoms with Crippen molar-refractivity contribution >= 4 is 5.91 Å². The number of piperazine rings is 1. The Morgan fingerprint density at radius 2 is 2.21 bits per heavy atom. The zero-order chi connectivity index (χ0) is 16.9. The lowest BCUT2D eigenvalue weighted by Crippen LogP contribution is -2.48. The SMILES string of the molecule is COc1ccccc1C1CNCCN1C(=O)CCC1CCC(C)O1. The lowest BCUT2D eigenvalue weighted by atomic mass is 10.0. The molecular weight excluding hydrogens is 304 g/mol. The fourth-order valence-corrected chi connectivity index (χ4v) is 3.75. The number of para-hydroxylation sites is 1. The molecule has 3 rings (SSSR count). The summed E-state index contributed by atoms with van der Waals surface area (Å²) in [4.78, 5) is 14.8. The molecule has 0 spiro atoms. The average Bonchev–Trinajstić information content (AvgIpc) is 3.05. The smallest absolute Gasteiger partial charge is 0.223 e. The van der Waals surface area contributed by atoms with Gasteiger partial charge in [0.1, 0.15) is 5.75 Å². The van der Waals surface area contributed by atoms with E-state index in [9.17, 15) is 4.79 Å². The van der Waals surface area contributed by atoms with E-state index < -0.39 is 0 Å². The third kappa shape index (κ3) is 3.90. The second-order valence-corrected chi connectivity index (χ2v) is 6.73. The van der Waals surface area contributed by atoms with Crippen LogP contribution in [0.4, 0.5) is 0 Å². The Hall–Kier alpha value is -1.59. The molecule has 2 saturated heterocycles. The standard InChI is InChI=1S/C19H28N2O3/c1-14-7-8-15(24-14)9-10-19(22)21-12-11-20-13-17(21)16-5-3-4-6-18(16)23-2/h3-6,14-15,17,20H,7-13H2,1-2H3. The molecule has 5 nitrogen and oxygen atoms in total. The van der Waals surface area contributed by atoms with E-state index in [1.54, 1.807) is 7.11 Å². The summed E-state index contributed by atoms with van der Waals surface area (Å²) in [5, 5.41) is 3.40. The fraction of sp³-hybridized carbons (Fsp3) is 0.632. The molecule has 3 atom stereocenters. The van der Waals surface area contributed by atoms with Crippen LogP contribution < -0.4 is 10.1 Å². The molecule has 0 bridgehead atoms. The molecule has 0 aliphatic carbocycles. The third-order valence-corrected chi connectivity index (χ3v) is 5.06. The van der Waals surface area contributed by atoms with E-state index in [0.717, 1.165) is 50.2 Å². The molecule has 3 unspecified atom stereocenters. The Morgan fingerprint density at radius 1 is 1.38 bits per heavy atom. The van der Waals surface area contributed by atoms with Gasteiger partial charge in [0.2, 0.25) is 5.91 Å². The molecule has 2 heterocycles. The first-order chi connectivity index (χ1) is 11.7. The van der Waals surface area contributed by atoms with Crippen LogP contribution in [0.25, 0.3) is 0 Å². The molecule has 0 aromatic heterocycles. The second kappa shape index (κ2) is 7.99. The van der Waals surface area contributed by atoms with Crippen LogP contribution in [0.5, 0.6) is 5.75 Å². The molecule has 5 heteroatoms. The predicted molar refractivity (Wildman–Crippen MR) is 93.1 cm³/mol. The van der Waals surface area contributed by atoms with Gasteiger partial charge in [0.05, 0.1) is 25.4 Å². The van der Waals surface area contributed by atoms with Crippen molar-refractivity contribution in [3.05, 3.63) is 29.8 Å². The molecule has 0 radical (unpaired) electrons. The highest BCUT2D eigenvalue weighted by atomic mass is 16.5. The fourth-order valence-electron chi connectivity index (χ4n) is 3.75. The van der Waals surface area contributed by atoms with E-state index in [0.29, 0.717) is 12.5 Å². The second-order valence-electron chi connectivity index (χ2n) is 6.73. The van der Waals surface area contributed by atoms with E-state index in [-0.39, 0.29) is 18.1 Å². The van der Waals surface area contributed by atoms with Crippen molar-refractivity contribution in [2.45, 2.75) is 50.9 Å². The van der Waals surface area contributed by atoms with Crippen molar-refractivity contribution < 1.29 is 14.3 Å². The van der Waals surface area contributed by atoms with Crippen LogP contribution in [-0.2, 0) is 9.53 Å². The van der Waals surface area contributed by atoms with Gasteiger partial charge in [0.25, 0.3) is 0 Å². The summed E-state index contributed by atoms with van der Waals surface area (Å²) < 4.78 is 11.3. The summed E-state index contributed by atoms with van der Waals surface area (Å²) >= 11 is 0. The first kappa shape index (κ1) is 17.2. The molecule has 24 heavy (non-hydrogen) atoms. The quantitative estimate of drug-likeness (QED) is 0.900. The van der Waals surface area contributed by atoms with Gasteiger partial charge in [-0.15, -0.1) is 0 Å². The van der Waals surface area contributed by atoms with E-state index >= 15 is 0 Å². The van der Waals surface area contributed by atoms with Crippen LogP contribution in [0.2, 0.25) is 0 Å². The molecular formula is C19H28N2O3.